The lowest BCUT2D eigenvalue weighted by atomic mass is 9.96. The van der Waals surface area contributed by atoms with E-state index < -0.39 is 0 Å². The van der Waals surface area contributed by atoms with Gasteiger partial charge in [-0.3, -0.25) is 10.1 Å². The Morgan fingerprint density at radius 2 is 2.07 bits per heavy atom. The zero-order valence-electron chi connectivity index (χ0n) is 9.07. The van der Waals surface area contributed by atoms with Gasteiger partial charge in [-0.1, -0.05) is 13.0 Å². The first-order chi connectivity index (χ1) is 7.00. The fraction of sp³-hybridized carbons (Fsp3) is 0.455. The molecule has 4 nitrogen and oxygen atoms in total. The number of anilines is 1. The van der Waals surface area contributed by atoms with E-state index in [4.69, 9.17) is 0 Å². The summed E-state index contributed by atoms with van der Waals surface area (Å²) >= 11 is 0. The largest absolute Gasteiger partial charge is 0.376 e. The average molecular weight is 206 g/mol. The molecule has 1 aromatic carbocycles. The minimum Gasteiger partial charge on any atom is -0.376 e. The fourth-order valence-corrected chi connectivity index (χ4v) is 2.08. The van der Waals surface area contributed by atoms with Crippen LogP contribution in [0.15, 0.2) is 12.1 Å². The summed E-state index contributed by atoms with van der Waals surface area (Å²) in [6.07, 6.45) is 0. The molecular formula is C11H14N2O2. The van der Waals surface area contributed by atoms with Gasteiger partial charge in [0.15, 0.2) is 0 Å². The summed E-state index contributed by atoms with van der Waals surface area (Å²) in [6.45, 7) is 6.03. The highest BCUT2D eigenvalue weighted by atomic mass is 16.6. The molecule has 0 saturated carbocycles. The third kappa shape index (κ3) is 1.46. The summed E-state index contributed by atoms with van der Waals surface area (Å²) in [5.74, 6) is 0.332. The second-order valence-corrected chi connectivity index (χ2v) is 4.23. The number of nitrogens with zero attached hydrogens (tertiary/aromatic N) is 1. The number of hydrogen-bond acceptors (Lipinski definition) is 3. The second-order valence-electron chi connectivity index (χ2n) is 4.23. The number of nitro groups is 1. The van der Waals surface area contributed by atoms with Crippen molar-refractivity contribution < 1.29 is 4.92 Å². The molecule has 0 spiro atoms. The molecule has 1 N–H and O–H groups in total. The Labute approximate surface area is 88.5 Å². The number of nitrogens with one attached hydrogen (secondary N) is 1. The van der Waals surface area contributed by atoms with Gasteiger partial charge >= 0.3 is 0 Å². The molecule has 1 aromatic rings. The van der Waals surface area contributed by atoms with Crippen molar-refractivity contribution in [3.05, 3.63) is 33.4 Å². The van der Waals surface area contributed by atoms with Crippen molar-refractivity contribution in [2.24, 2.45) is 0 Å². The number of aryl methyl sites for hydroxylation is 1. The van der Waals surface area contributed by atoms with Gasteiger partial charge in [-0.05, 0) is 25.0 Å². The van der Waals surface area contributed by atoms with E-state index in [-0.39, 0.29) is 16.7 Å². The molecule has 80 valence electrons. The van der Waals surface area contributed by atoms with Crippen molar-refractivity contribution in [2.45, 2.75) is 32.7 Å². The van der Waals surface area contributed by atoms with Crippen LogP contribution in [-0.4, -0.2) is 11.0 Å². The summed E-state index contributed by atoms with van der Waals surface area (Å²) < 4.78 is 0. The Hall–Kier alpha value is -1.58. The Bertz CT molecular complexity index is 429. The second kappa shape index (κ2) is 3.22. The van der Waals surface area contributed by atoms with Gasteiger partial charge in [-0.2, -0.15) is 0 Å². The first kappa shape index (κ1) is 9.96. The van der Waals surface area contributed by atoms with Crippen LogP contribution in [-0.2, 0) is 0 Å². The van der Waals surface area contributed by atoms with Gasteiger partial charge in [-0.15, -0.1) is 0 Å². The molecule has 0 aromatic heterocycles. The number of rotatable bonds is 1. The van der Waals surface area contributed by atoms with Gasteiger partial charge in [0.2, 0.25) is 0 Å². The van der Waals surface area contributed by atoms with Crippen LogP contribution >= 0.6 is 0 Å². The van der Waals surface area contributed by atoms with Crippen LogP contribution in [0, 0.1) is 17.0 Å². The van der Waals surface area contributed by atoms with Crippen molar-refractivity contribution >= 4 is 11.4 Å². The minimum absolute atomic E-state index is 0.196. The molecule has 2 rings (SSSR count). The van der Waals surface area contributed by atoms with E-state index in [1.54, 1.807) is 6.07 Å². The first-order valence-corrected chi connectivity index (χ1v) is 5.06. The molecule has 2 unspecified atom stereocenters. The van der Waals surface area contributed by atoms with Crippen LogP contribution < -0.4 is 5.32 Å². The van der Waals surface area contributed by atoms with Gasteiger partial charge in [0.1, 0.15) is 5.69 Å². The van der Waals surface area contributed by atoms with Crippen molar-refractivity contribution in [1.29, 1.82) is 0 Å². The lowest BCUT2D eigenvalue weighted by molar-refractivity contribution is -0.384. The zero-order chi connectivity index (χ0) is 11.2. The van der Waals surface area contributed by atoms with Crippen LogP contribution in [0.2, 0.25) is 0 Å². The number of benzene rings is 1. The topological polar surface area (TPSA) is 55.2 Å². The van der Waals surface area contributed by atoms with E-state index in [0.29, 0.717) is 11.6 Å². The molecule has 1 heterocycles. The molecule has 0 bridgehead atoms. The van der Waals surface area contributed by atoms with Crippen LogP contribution in [0.5, 0.6) is 0 Å². The third-order valence-electron chi connectivity index (χ3n) is 3.10. The van der Waals surface area contributed by atoms with E-state index in [2.05, 4.69) is 12.2 Å². The minimum atomic E-state index is -0.316. The molecule has 2 atom stereocenters. The highest BCUT2D eigenvalue weighted by Crippen LogP contribution is 2.41. The molecule has 1 aliphatic heterocycles. The normalized spacial score (nSPS) is 23.4. The van der Waals surface area contributed by atoms with Crippen LogP contribution in [0.3, 0.4) is 0 Å². The smallest absolute Gasteiger partial charge is 0.292 e. The summed E-state index contributed by atoms with van der Waals surface area (Å²) in [5, 5.41) is 14.1. The van der Waals surface area contributed by atoms with Crippen LogP contribution in [0.25, 0.3) is 0 Å². The van der Waals surface area contributed by atoms with E-state index in [0.717, 1.165) is 11.1 Å². The Kier molecular flexibility index (Phi) is 2.14. The Balaban J connectivity index is 2.62. The van der Waals surface area contributed by atoms with E-state index >= 15 is 0 Å². The Morgan fingerprint density at radius 3 is 2.67 bits per heavy atom. The quantitative estimate of drug-likeness (QED) is 0.567. The lowest BCUT2D eigenvalue weighted by Gasteiger charge is -2.08. The zero-order valence-corrected chi connectivity index (χ0v) is 9.07. The Morgan fingerprint density at radius 1 is 1.40 bits per heavy atom. The summed E-state index contributed by atoms with van der Waals surface area (Å²) in [4.78, 5) is 10.6. The molecule has 0 fully saturated rings. The number of nitro benzene ring substituents is 1. The maximum atomic E-state index is 10.9. The maximum absolute atomic E-state index is 10.9. The van der Waals surface area contributed by atoms with E-state index in [1.165, 1.54) is 0 Å². The molecule has 0 aliphatic carbocycles. The number of fused-ring (bicyclic) bond motifs is 1. The SMILES string of the molecule is Cc1cc2c(c([N+](=O)[O-])c1)NC(C)C2C. The average Bonchev–Trinajstić information content (AvgIpc) is 2.43. The summed E-state index contributed by atoms with van der Waals surface area (Å²) in [5.41, 5.74) is 2.91. The predicted octanol–water partition coefficient (Wildman–Crippen LogP) is 2.82. The van der Waals surface area contributed by atoms with Crippen molar-refractivity contribution in [3.8, 4) is 0 Å². The highest BCUT2D eigenvalue weighted by molar-refractivity contribution is 5.72. The molecule has 15 heavy (non-hydrogen) atoms. The fourth-order valence-electron chi connectivity index (χ4n) is 2.08. The van der Waals surface area contributed by atoms with E-state index in [1.807, 2.05) is 19.9 Å². The molecular weight excluding hydrogens is 192 g/mol. The van der Waals surface area contributed by atoms with Gasteiger partial charge in [-0.25, -0.2) is 0 Å². The number of hydrogen-bond donors (Lipinski definition) is 1. The lowest BCUT2D eigenvalue weighted by Crippen LogP contribution is -2.13. The summed E-state index contributed by atoms with van der Waals surface area (Å²) in [7, 11) is 0. The third-order valence-corrected chi connectivity index (χ3v) is 3.10. The van der Waals surface area contributed by atoms with Gasteiger partial charge in [0.05, 0.1) is 4.92 Å². The molecule has 0 radical (unpaired) electrons. The molecule has 0 amide bonds. The van der Waals surface area contributed by atoms with Gasteiger partial charge in [0, 0.05) is 18.0 Å². The first-order valence-electron chi connectivity index (χ1n) is 5.06. The molecule has 0 saturated heterocycles. The molecule has 4 heteroatoms. The van der Waals surface area contributed by atoms with Gasteiger partial charge < -0.3 is 5.32 Å². The van der Waals surface area contributed by atoms with Crippen molar-refractivity contribution in [2.75, 3.05) is 5.32 Å². The van der Waals surface area contributed by atoms with Gasteiger partial charge in [0.25, 0.3) is 5.69 Å². The van der Waals surface area contributed by atoms with Crippen molar-refractivity contribution in [3.63, 3.8) is 0 Å². The highest BCUT2D eigenvalue weighted by Gasteiger charge is 2.31. The molecule has 1 aliphatic rings. The monoisotopic (exact) mass is 206 g/mol. The van der Waals surface area contributed by atoms with Crippen LogP contribution in [0.1, 0.15) is 30.9 Å². The maximum Gasteiger partial charge on any atom is 0.292 e. The van der Waals surface area contributed by atoms with Crippen LogP contribution in [0.4, 0.5) is 11.4 Å². The summed E-state index contributed by atoms with van der Waals surface area (Å²) in [6, 6.07) is 3.92. The predicted molar refractivity (Wildman–Crippen MR) is 59.3 cm³/mol. The van der Waals surface area contributed by atoms with Crippen molar-refractivity contribution in [1.82, 2.24) is 0 Å². The van der Waals surface area contributed by atoms with E-state index in [9.17, 15) is 10.1 Å². The standard InChI is InChI=1S/C11H14N2O2/c1-6-4-9-7(2)8(3)12-11(9)10(5-6)13(14)15/h4-5,7-8,12H,1-3H3.